The molecule has 1 aliphatic carbocycles. The third-order valence-corrected chi connectivity index (χ3v) is 5.44. The minimum absolute atomic E-state index is 0.278. The molecule has 0 amide bonds. The fourth-order valence-electron chi connectivity index (χ4n) is 3.95. The van der Waals surface area contributed by atoms with Crippen LogP contribution in [0.1, 0.15) is 23.6 Å². The molecule has 0 bridgehead atoms. The zero-order valence-electron chi connectivity index (χ0n) is 16.2. The summed E-state index contributed by atoms with van der Waals surface area (Å²) in [5, 5.41) is 6.59. The van der Waals surface area contributed by atoms with Crippen LogP contribution in [0, 0.1) is 10.7 Å². The predicted octanol–water partition coefficient (Wildman–Crippen LogP) is 5.04. The molecular formula is C22H18FN5O2. The highest BCUT2D eigenvalue weighted by atomic mass is 19.1. The summed E-state index contributed by atoms with van der Waals surface area (Å²) in [6, 6.07) is 10.2. The van der Waals surface area contributed by atoms with E-state index in [4.69, 9.17) is 4.74 Å². The molecular weight excluding hydrogens is 385 g/mol. The van der Waals surface area contributed by atoms with Crippen molar-refractivity contribution in [2.45, 2.75) is 18.9 Å². The fourth-order valence-corrected chi connectivity index (χ4v) is 3.95. The highest BCUT2D eigenvalue weighted by Gasteiger charge is 2.24. The van der Waals surface area contributed by atoms with Gasteiger partial charge in [0.1, 0.15) is 29.1 Å². The van der Waals surface area contributed by atoms with E-state index in [1.165, 1.54) is 13.2 Å². The minimum Gasteiger partial charge on any atom is -0.497 e. The maximum atomic E-state index is 14.8. The van der Waals surface area contributed by atoms with Gasteiger partial charge in [0.05, 0.1) is 13.3 Å². The van der Waals surface area contributed by atoms with Gasteiger partial charge in [0.25, 0.3) is 0 Å². The largest absolute Gasteiger partial charge is 0.497 e. The molecule has 8 heteroatoms. The van der Waals surface area contributed by atoms with Gasteiger partial charge in [-0.1, -0.05) is 11.2 Å². The van der Waals surface area contributed by atoms with Gasteiger partial charge in [-0.25, -0.2) is 9.37 Å². The molecule has 1 N–H and O–H groups in total. The van der Waals surface area contributed by atoms with Gasteiger partial charge in [-0.2, -0.15) is 4.91 Å². The van der Waals surface area contributed by atoms with E-state index in [0.29, 0.717) is 28.5 Å². The van der Waals surface area contributed by atoms with E-state index in [-0.39, 0.29) is 6.04 Å². The number of benzene rings is 2. The van der Waals surface area contributed by atoms with Gasteiger partial charge in [0, 0.05) is 29.7 Å². The maximum Gasteiger partial charge on any atom is 0.157 e. The molecule has 1 aliphatic rings. The van der Waals surface area contributed by atoms with Gasteiger partial charge >= 0.3 is 0 Å². The van der Waals surface area contributed by atoms with Crippen molar-refractivity contribution < 1.29 is 9.13 Å². The van der Waals surface area contributed by atoms with Gasteiger partial charge in [0.2, 0.25) is 0 Å². The predicted molar refractivity (Wildman–Crippen MR) is 112 cm³/mol. The molecule has 2 heterocycles. The molecule has 4 aromatic rings. The average molecular weight is 403 g/mol. The molecule has 0 radical (unpaired) electrons. The number of anilines is 2. The number of imidazole rings is 1. The number of methoxy groups -OCH3 is 1. The topological polar surface area (TPSA) is 80.9 Å². The number of halogens is 1. The van der Waals surface area contributed by atoms with Crippen molar-refractivity contribution in [1.82, 2.24) is 14.4 Å². The Kier molecular flexibility index (Phi) is 4.39. The number of hydrogen-bond acceptors (Lipinski definition) is 6. The summed E-state index contributed by atoms with van der Waals surface area (Å²) < 4.78 is 21.8. The van der Waals surface area contributed by atoms with Crippen molar-refractivity contribution >= 4 is 17.2 Å². The lowest BCUT2D eigenvalue weighted by Crippen LogP contribution is -1.99. The first kappa shape index (κ1) is 18.2. The Labute approximate surface area is 171 Å². The number of rotatable bonds is 5. The average Bonchev–Trinajstić information content (AvgIpc) is 3.34. The highest BCUT2D eigenvalue weighted by molar-refractivity contribution is 5.80. The molecule has 2 aromatic carbocycles. The van der Waals surface area contributed by atoms with Crippen LogP contribution < -0.4 is 10.1 Å². The van der Waals surface area contributed by atoms with Gasteiger partial charge in [-0.15, -0.1) is 0 Å². The first-order valence-electron chi connectivity index (χ1n) is 9.56. The summed E-state index contributed by atoms with van der Waals surface area (Å²) in [6.07, 6.45) is 6.58. The summed E-state index contributed by atoms with van der Waals surface area (Å²) >= 11 is 0. The number of nitrogens with one attached hydrogen (secondary N) is 1. The highest BCUT2D eigenvalue weighted by Crippen LogP contribution is 2.38. The van der Waals surface area contributed by atoms with Crippen LogP contribution >= 0.6 is 0 Å². The Morgan fingerprint density at radius 2 is 2.17 bits per heavy atom. The fraction of sp³-hybridized carbons (Fsp3) is 0.182. The number of ether oxygens (including phenoxy) is 1. The molecule has 0 spiro atoms. The SMILES string of the molecule is COc1ccc(-c2nc3cnccn3c2Nc2ccc3c(c2)CCC3N=O)c(F)c1. The van der Waals surface area contributed by atoms with E-state index in [9.17, 15) is 9.30 Å². The number of hydrogen-bond donors (Lipinski definition) is 1. The van der Waals surface area contributed by atoms with Crippen LogP contribution in [-0.2, 0) is 6.42 Å². The third kappa shape index (κ3) is 2.97. The second kappa shape index (κ2) is 7.22. The van der Waals surface area contributed by atoms with Crippen molar-refractivity contribution in [3.63, 3.8) is 0 Å². The van der Waals surface area contributed by atoms with Gasteiger partial charge in [-0.3, -0.25) is 9.38 Å². The number of nitroso groups, excluding NO2 is 1. The Hall–Kier alpha value is -3.81. The third-order valence-electron chi connectivity index (χ3n) is 5.44. The molecule has 1 atom stereocenters. The lowest BCUT2D eigenvalue weighted by atomic mass is 10.1. The smallest absolute Gasteiger partial charge is 0.157 e. The normalized spacial score (nSPS) is 15.2. The van der Waals surface area contributed by atoms with Crippen LogP contribution in [0.15, 0.2) is 60.2 Å². The van der Waals surface area contributed by atoms with E-state index >= 15 is 0 Å². The van der Waals surface area contributed by atoms with Crippen LogP contribution in [-0.4, -0.2) is 21.5 Å². The molecule has 30 heavy (non-hydrogen) atoms. The zero-order chi connectivity index (χ0) is 20.7. The van der Waals surface area contributed by atoms with Crippen LogP contribution in [0.5, 0.6) is 5.75 Å². The van der Waals surface area contributed by atoms with E-state index in [1.807, 2.05) is 22.6 Å². The number of nitrogens with zero attached hydrogens (tertiary/aromatic N) is 4. The van der Waals surface area contributed by atoms with Crippen molar-refractivity contribution in [2.75, 3.05) is 12.4 Å². The quantitative estimate of drug-likeness (QED) is 0.472. The van der Waals surface area contributed by atoms with Crippen molar-refractivity contribution in [3.8, 4) is 17.0 Å². The molecule has 2 aromatic heterocycles. The molecule has 0 saturated heterocycles. The first-order valence-corrected chi connectivity index (χ1v) is 9.56. The number of fused-ring (bicyclic) bond motifs is 2. The molecule has 0 aliphatic heterocycles. The zero-order valence-corrected chi connectivity index (χ0v) is 16.2. The van der Waals surface area contributed by atoms with Gasteiger partial charge in [0.15, 0.2) is 5.65 Å². The van der Waals surface area contributed by atoms with E-state index in [2.05, 4.69) is 20.5 Å². The minimum atomic E-state index is -0.428. The summed E-state index contributed by atoms with van der Waals surface area (Å²) in [7, 11) is 1.50. The molecule has 7 nitrogen and oxygen atoms in total. The maximum absolute atomic E-state index is 14.8. The Morgan fingerprint density at radius 3 is 2.97 bits per heavy atom. The van der Waals surface area contributed by atoms with E-state index in [1.54, 1.807) is 30.7 Å². The first-order chi connectivity index (χ1) is 14.7. The van der Waals surface area contributed by atoms with Crippen molar-refractivity contribution in [3.05, 3.63) is 76.8 Å². The van der Waals surface area contributed by atoms with Crippen LogP contribution in [0.2, 0.25) is 0 Å². The van der Waals surface area contributed by atoms with E-state index in [0.717, 1.165) is 29.7 Å². The summed E-state index contributed by atoms with van der Waals surface area (Å²) in [5.74, 6) is 0.634. The monoisotopic (exact) mass is 403 g/mol. The van der Waals surface area contributed by atoms with Gasteiger partial charge in [-0.05, 0) is 48.2 Å². The standard InChI is InChI=1S/C22H18FN5O2/c1-30-15-4-6-17(18(23)11-15)21-22(28-9-8-24-12-20(28)26-21)25-14-3-5-16-13(10-14)2-7-19(16)27-29/h3-6,8-12,19,25H,2,7H2,1H3. The molecule has 1 unspecified atom stereocenters. The number of aryl methyl sites for hydroxylation is 1. The Balaban J connectivity index is 1.61. The van der Waals surface area contributed by atoms with Crippen molar-refractivity contribution in [2.24, 2.45) is 5.18 Å². The van der Waals surface area contributed by atoms with Crippen molar-refractivity contribution in [1.29, 1.82) is 0 Å². The Morgan fingerprint density at radius 1 is 1.27 bits per heavy atom. The lowest BCUT2D eigenvalue weighted by molar-refractivity contribution is 0.411. The van der Waals surface area contributed by atoms with Crippen LogP contribution in [0.4, 0.5) is 15.9 Å². The number of aromatic nitrogens is 3. The van der Waals surface area contributed by atoms with Gasteiger partial charge < -0.3 is 10.1 Å². The van der Waals surface area contributed by atoms with Crippen LogP contribution in [0.3, 0.4) is 0 Å². The van der Waals surface area contributed by atoms with Crippen LogP contribution in [0.25, 0.3) is 16.9 Å². The summed E-state index contributed by atoms with van der Waals surface area (Å²) in [6.45, 7) is 0. The second-order valence-corrected chi connectivity index (χ2v) is 7.16. The molecule has 0 fully saturated rings. The summed E-state index contributed by atoms with van der Waals surface area (Å²) in [4.78, 5) is 19.7. The second-order valence-electron chi connectivity index (χ2n) is 7.16. The lowest BCUT2D eigenvalue weighted by Gasteiger charge is -2.11. The summed E-state index contributed by atoms with van der Waals surface area (Å²) in [5.41, 5.74) is 4.31. The molecule has 150 valence electrons. The Bertz CT molecular complexity index is 1270. The molecule has 5 rings (SSSR count). The van der Waals surface area contributed by atoms with E-state index < -0.39 is 5.82 Å². The molecule has 0 saturated carbocycles.